The maximum atomic E-state index is 12.2. The lowest BCUT2D eigenvalue weighted by atomic mass is 10.0. The molecule has 8 heteroatoms. The maximum absolute atomic E-state index is 12.2. The lowest BCUT2D eigenvalue weighted by molar-refractivity contribution is -0.308. The molecule has 2 aromatic carbocycles. The molecule has 0 aliphatic heterocycles. The summed E-state index contributed by atoms with van der Waals surface area (Å²) in [6.45, 7) is 1.67. The van der Waals surface area contributed by atoms with Crippen LogP contribution >= 0.6 is 11.6 Å². The molecule has 0 unspecified atom stereocenters. The fourth-order valence-electron chi connectivity index (χ4n) is 3.31. The van der Waals surface area contributed by atoms with Crippen LogP contribution in [-0.4, -0.2) is 24.5 Å². The number of ether oxygens (including phenoxy) is 1. The van der Waals surface area contributed by atoms with Crippen LogP contribution in [0.5, 0.6) is 5.75 Å². The summed E-state index contributed by atoms with van der Waals surface area (Å²) >= 11 is 5.83. The van der Waals surface area contributed by atoms with Gasteiger partial charge in [-0.05, 0) is 54.7 Å². The van der Waals surface area contributed by atoms with Crippen LogP contribution in [-0.2, 0) is 22.4 Å². The molecule has 0 saturated carbocycles. The molecular formula is C24H23ClNO6-. The fraction of sp³-hybridized carbons (Fsp3) is 0.292. The molecule has 0 aliphatic rings. The Bertz CT molecular complexity index is 1160. The molecule has 32 heavy (non-hydrogen) atoms. The molecule has 0 fully saturated rings. The number of fused-ring (bicyclic) bond motifs is 1. The van der Waals surface area contributed by atoms with E-state index in [1.54, 1.807) is 42.5 Å². The highest BCUT2D eigenvalue weighted by atomic mass is 35.5. The third-order valence-electron chi connectivity index (χ3n) is 4.94. The Kier molecular flexibility index (Phi) is 7.89. The standard InChI is InChI=1S/C24H24ClNO6/c1-2-3-4-16-12-23(28)32-21-13-18(9-10-19(16)21)31-14-22(27)26-20(24(29)30)11-15-5-7-17(25)8-6-15/h5-10,12-13,20H,2-4,11,14H2,1H3,(H,26,27)(H,29,30)/p-1/t20-/m1/s1. The van der Waals surface area contributed by atoms with Gasteiger partial charge in [0.25, 0.3) is 5.91 Å². The van der Waals surface area contributed by atoms with Gasteiger partial charge in [0.1, 0.15) is 11.3 Å². The van der Waals surface area contributed by atoms with Gasteiger partial charge in [-0.1, -0.05) is 37.1 Å². The van der Waals surface area contributed by atoms with Crippen molar-refractivity contribution in [3.05, 3.63) is 75.1 Å². The van der Waals surface area contributed by atoms with Gasteiger partial charge in [-0.25, -0.2) is 4.79 Å². The van der Waals surface area contributed by atoms with Crippen molar-refractivity contribution >= 4 is 34.4 Å². The molecule has 1 N–H and O–H groups in total. The maximum Gasteiger partial charge on any atom is 0.336 e. The predicted octanol–water partition coefficient (Wildman–Crippen LogP) is 2.65. The minimum atomic E-state index is -1.40. The SMILES string of the molecule is CCCCc1cc(=O)oc2cc(OCC(=O)N[C@H](Cc3ccc(Cl)cc3)C(=O)[O-])ccc12. The molecule has 1 heterocycles. The summed E-state index contributed by atoms with van der Waals surface area (Å²) in [7, 11) is 0. The van der Waals surface area contributed by atoms with E-state index in [-0.39, 0.29) is 6.42 Å². The second kappa shape index (κ2) is 10.8. The number of rotatable bonds is 10. The van der Waals surface area contributed by atoms with Crippen molar-refractivity contribution in [2.24, 2.45) is 0 Å². The van der Waals surface area contributed by atoms with E-state index in [0.29, 0.717) is 21.9 Å². The van der Waals surface area contributed by atoms with Crippen LogP contribution in [0.3, 0.4) is 0 Å². The molecule has 168 valence electrons. The van der Waals surface area contributed by atoms with Gasteiger partial charge in [0.05, 0.1) is 12.0 Å². The number of carbonyl (C=O) groups is 2. The minimum Gasteiger partial charge on any atom is -0.548 e. The Morgan fingerprint density at radius 1 is 1.16 bits per heavy atom. The minimum absolute atomic E-state index is 0.0485. The van der Waals surface area contributed by atoms with Gasteiger partial charge in [-0.15, -0.1) is 0 Å². The van der Waals surface area contributed by atoms with Crippen LogP contribution in [0.2, 0.25) is 5.02 Å². The van der Waals surface area contributed by atoms with Crippen molar-refractivity contribution in [2.45, 2.75) is 38.6 Å². The summed E-state index contributed by atoms with van der Waals surface area (Å²) in [5, 5.41) is 15.2. The van der Waals surface area contributed by atoms with E-state index >= 15 is 0 Å². The van der Waals surface area contributed by atoms with Crippen LogP contribution in [0.15, 0.2) is 57.7 Å². The van der Waals surface area contributed by atoms with Crippen LogP contribution in [0.25, 0.3) is 11.0 Å². The van der Waals surface area contributed by atoms with E-state index in [0.717, 1.165) is 30.2 Å². The van der Waals surface area contributed by atoms with Crippen molar-refractivity contribution in [3.63, 3.8) is 0 Å². The largest absolute Gasteiger partial charge is 0.548 e. The number of carbonyl (C=O) groups excluding carboxylic acids is 2. The Morgan fingerprint density at radius 3 is 2.59 bits per heavy atom. The van der Waals surface area contributed by atoms with Gasteiger partial charge in [0, 0.05) is 22.5 Å². The molecule has 0 radical (unpaired) electrons. The highest BCUT2D eigenvalue weighted by molar-refractivity contribution is 6.30. The lowest BCUT2D eigenvalue weighted by Crippen LogP contribution is -2.50. The molecule has 0 bridgehead atoms. The predicted molar refractivity (Wildman–Crippen MR) is 119 cm³/mol. The van der Waals surface area contributed by atoms with E-state index in [9.17, 15) is 19.5 Å². The summed E-state index contributed by atoms with van der Waals surface area (Å²) in [6.07, 6.45) is 2.77. The van der Waals surface area contributed by atoms with E-state index in [4.69, 9.17) is 20.8 Å². The molecular weight excluding hydrogens is 434 g/mol. The Morgan fingerprint density at radius 2 is 1.91 bits per heavy atom. The number of nitrogens with one attached hydrogen (secondary N) is 1. The first-order chi connectivity index (χ1) is 15.4. The quantitative estimate of drug-likeness (QED) is 0.470. The molecule has 7 nitrogen and oxygen atoms in total. The number of amides is 1. The number of hydrogen-bond acceptors (Lipinski definition) is 6. The number of aryl methyl sites for hydroxylation is 1. The summed E-state index contributed by atoms with van der Waals surface area (Å²) < 4.78 is 10.7. The van der Waals surface area contributed by atoms with E-state index in [1.165, 1.54) is 6.07 Å². The Hall–Kier alpha value is -3.32. The number of halogens is 1. The number of carboxylic acids is 1. The van der Waals surface area contributed by atoms with Crippen LogP contribution in [0.1, 0.15) is 30.9 Å². The molecule has 0 aliphatic carbocycles. The monoisotopic (exact) mass is 456 g/mol. The average Bonchev–Trinajstić information content (AvgIpc) is 2.76. The van der Waals surface area contributed by atoms with Gasteiger partial charge in [-0.2, -0.15) is 0 Å². The first-order valence-corrected chi connectivity index (χ1v) is 10.7. The third kappa shape index (κ3) is 6.34. The molecule has 0 saturated heterocycles. The Balaban J connectivity index is 1.64. The molecule has 1 atom stereocenters. The summed E-state index contributed by atoms with van der Waals surface area (Å²) in [5.74, 6) is -1.70. The second-order valence-corrected chi connectivity index (χ2v) is 7.85. The lowest BCUT2D eigenvalue weighted by Gasteiger charge is -2.20. The number of hydrogen-bond donors (Lipinski definition) is 1. The smallest absolute Gasteiger partial charge is 0.336 e. The number of carboxylic acid groups (broad SMARTS) is 1. The number of aliphatic carboxylic acids is 1. The van der Waals surface area contributed by atoms with Crippen molar-refractivity contribution in [3.8, 4) is 5.75 Å². The zero-order chi connectivity index (χ0) is 23.1. The first-order valence-electron chi connectivity index (χ1n) is 10.3. The van der Waals surface area contributed by atoms with Crippen LogP contribution < -0.4 is 20.8 Å². The molecule has 0 spiro atoms. The molecule has 3 rings (SSSR count). The Labute approximate surface area is 190 Å². The first kappa shape index (κ1) is 23.3. The highest BCUT2D eigenvalue weighted by Gasteiger charge is 2.15. The molecule has 1 aromatic heterocycles. The fourth-order valence-corrected chi connectivity index (χ4v) is 3.43. The van der Waals surface area contributed by atoms with Gasteiger partial charge >= 0.3 is 5.63 Å². The zero-order valence-corrected chi connectivity index (χ0v) is 18.3. The second-order valence-electron chi connectivity index (χ2n) is 7.41. The average molecular weight is 457 g/mol. The van der Waals surface area contributed by atoms with E-state index in [1.807, 2.05) is 0 Å². The van der Waals surface area contributed by atoms with Crippen molar-refractivity contribution < 1.29 is 23.8 Å². The third-order valence-corrected chi connectivity index (χ3v) is 5.20. The zero-order valence-electron chi connectivity index (χ0n) is 17.6. The van der Waals surface area contributed by atoms with E-state index in [2.05, 4.69) is 12.2 Å². The van der Waals surface area contributed by atoms with Crippen LogP contribution in [0, 0.1) is 0 Å². The number of unbranched alkanes of at least 4 members (excludes halogenated alkanes) is 1. The van der Waals surface area contributed by atoms with Gasteiger partial charge in [0.15, 0.2) is 6.61 Å². The summed E-state index contributed by atoms with van der Waals surface area (Å²) in [6, 6.07) is 11.9. The molecule has 1 amide bonds. The summed E-state index contributed by atoms with van der Waals surface area (Å²) in [4.78, 5) is 35.5. The van der Waals surface area contributed by atoms with E-state index < -0.39 is 30.2 Å². The van der Waals surface area contributed by atoms with Crippen molar-refractivity contribution in [2.75, 3.05) is 6.61 Å². The number of benzene rings is 2. The summed E-state index contributed by atoms with van der Waals surface area (Å²) in [5.41, 5.74) is 1.52. The van der Waals surface area contributed by atoms with Gasteiger partial charge < -0.3 is 24.4 Å². The van der Waals surface area contributed by atoms with Crippen molar-refractivity contribution in [1.29, 1.82) is 0 Å². The van der Waals surface area contributed by atoms with Gasteiger partial charge in [-0.3, -0.25) is 4.79 Å². The highest BCUT2D eigenvalue weighted by Crippen LogP contribution is 2.24. The topological polar surface area (TPSA) is 109 Å². The van der Waals surface area contributed by atoms with Crippen molar-refractivity contribution in [1.82, 2.24) is 5.32 Å². The normalized spacial score (nSPS) is 11.8. The van der Waals surface area contributed by atoms with Gasteiger partial charge in [0.2, 0.25) is 0 Å². The molecule has 3 aromatic rings. The van der Waals surface area contributed by atoms with Crippen LogP contribution in [0.4, 0.5) is 0 Å².